The van der Waals surface area contributed by atoms with Gasteiger partial charge in [0.05, 0.1) is 0 Å². The highest BCUT2D eigenvalue weighted by Gasteiger charge is 2.27. The van der Waals surface area contributed by atoms with Crippen LogP contribution in [-0.4, -0.2) is 19.8 Å². The van der Waals surface area contributed by atoms with Gasteiger partial charge in [0.1, 0.15) is 0 Å². The zero-order valence-electron chi connectivity index (χ0n) is 9.46. The smallest absolute Gasteiger partial charge is 0.0465 e. The maximum atomic E-state index is 5.63. The van der Waals surface area contributed by atoms with E-state index in [1.807, 2.05) is 0 Å². The number of ether oxygens (including phenoxy) is 1. The van der Waals surface area contributed by atoms with E-state index in [-0.39, 0.29) is 0 Å². The van der Waals surface area contributed by atoms with Crippen LogP contribution in [0.3, 0.4) is 0 Å². The molecule has 0 heterocycles. The average molecular weight is 200 g/mol. The molecule has 3 N–H and O–H groups in total. The van der Waals surface area contributed by atoms with Gasteiger partial charge in [-0.25, -0.2) is 0 Å². The summed E-state index contributed by atoms with van der Waals surface area (Å²) >= 11 is 0. The van der Waals surface area contributed by atoms with E-state index in [0.29, 0.717) is 12.0 Å². The lowest BCUT2D eigenvalue weighted by Crippen LogP contribution is -2.44. The quantitative estimate of drug-likeness (QED) is 0.506. The first kappa shape index (κ1) is 12.0. The predicted molar refractivity (Wildman–Crippen MR) is 58.7 cm³/mol. The van der Waals surface area contributed by atoms with E-state index in [0.717, 1.165) is 18.9 Å². The van der Waals surface area contributed by atoms with Crippen molar-refractivity contribution in [2.24, 2.45) is 17.7 Å². The average Bonchev–Trinajstić information content (AvgIpc) is 2.69. The van der Waals surface area contributed by atoms with Gasteiger partial charge in [0.15, 0.2) is 0 Å². The maximum absolute atomic E-state index is 5.63. The Labute approximate surface area is 87.4 Å². The number of rotatable bonds is 6. The number of hydrazine groups is 1. The van der Waals surface area contributed by atoms with E-state index in [9.17, 15) is 0 Å². The van der Waals surface area contributed by atoms with Gasteiger partial charge in [-0.05, 0) is 31.1 Å². The van der Waals surface area contributed by atoms with Crippen molar-refractivity contribution in [1.29, 1.82) is 0 Å². The first-order chi connectivity index (χ1) is 6.79. The molecule has 0 spiro atoms. The third kappa shape index (κ3) is 3.23. The molecule has 14 heavy (non-hydrogen) atoms. The summed E-state index contributed by atoms with van der Waals surface area (Å²) in [5.41, 5.74) is 3.00. The molecular weight excluding hydrogens is 176 g/mol. The fraction of sp³-hybridized carbons (Fsp3) is 1.00. The van der Waals surface area contributed by atoms with Gasteiger partial charge in [0, 0.05) is 19.8 Å². The van der Waals surface area contributed by atoms with Crippen molar-refractivity contribution in [2.75, 3.05) is 13.7 Å². The summed E-state index contributed by atoms with van der Waals surface area (Å²) in [5, 5.41) is 0. The van der Waals surface area contributed by atoms with E-state index < -0.39 is 0 Å². The standard InChI is InChI=1S/C11H24N2O/c1-9(7-8-14-2)11(13-12)10-5-3-4-6-10/h9-11,13H,3-8,12H2,1-2H3. The van der Waals surface area contributed by atoms with Crippen LogP contribution in [0.15, 0.2) is 0 Å². The largest absolute Gasteiger partial charge is 0.385 e. The van der Waals surface area contributed by atoms with Crippen LogP contribution in [0, 0.1) is 11.8 Å². The summed E-state index contributed by atoms with van der Waals surface area (Å²) in [6, 6.07) is 0.479. The van der Waals surface area contributed by atoms with Gasteiger partial charge < -0.3 is 4.74 Å². The minimum atomic E-state index is 0.479. The predicted octanol–water partition coefficient (Wildman–Crippen LogP) is 1.68. The topological polar surface area (TPSA) is 47.3 Å². The van der Waals surface area contributed by atoms with Gasteiger partial charge in [-0.15, -0.1) is 0 Å². The SMILES string of the molecule is COCCC(C)C(NN)C1CCCC1. The van der Waals surface area contributed by atoms with Crippen molar-refractivity contribution in [3.8, 4) is 0 Å². The molecular formula is C11H24N2O. The van der Waals surface area contributed by atoms with E-state index in [1.165, 1.54) is 25.7 Å². The molecule has 1 aliphatic rings. The van der Waals surface area contributed by atoms with Crippen molar-refractivity contribution in [3.05, 3.63) is 0 Å². The van der Waals surface area contributed by atoms with Gasteiger partial charge in [-0.1, -0.05) is 19.8 Å². The highest BCUT2D eigenvalue weighted by atomic mass is 16.5. The Morgan fingerprint density at radius 1 is 1.43 bits per heavy atom. The summed E-state index contributed by atoms with van der Waals surface area (Å²) < 4.78 is 5.10. The monoisotopic (exact) mass is 200 g/mol. The van der Waals surface area contributed by atoms with Crippen LogP contribution >= 0.6 is 0 Å². The normalized spacial score (nSPS) is 22.5. The Hall–Kier alpha value is -0.120. The molecule has 0 aromatic rings. The van der Waals surface area contributed by atoms with Crippen molar-refractivity contribution in [1.82, 2.24) is 5.43 Å². The first-order valence-electron chi connectivity index (χ1n) is 5.74. The van der Waals surface area contributed by atoms with Crippen molar-refractivity contribution >= 4 is 0 Å². The minimum absolute atomic E-state index is 0.479. The second kappa shape index (κ2) is 6.38. The Kier molecular flexibility index (Phi) is 5.45. The van der Waals surface area contributed by atoms with Crippen LogP contribution in [0.1, 0.15) is 39.0 Å². The highest BCUT2D eigenvalue weighted by molar-refractivity contribution is 4.82. The molecule has 84 valence electrons. The molecule has 0 aromatic carbocycles. The van der Waals surface area contributed by atoms with Gasteiger partial charge in [-0.3, -0.25) is 11.3 Å². The fourth-order valence-electron chi connectivity index (χ4n) is 2.56. The molecule has 0 amide bonds. The molecule has 3 nitrogen and oxygen atoms in total. The molecule has 1 aliphatic carbocycles. The summed E-state index contributed by atoms with van der Waals surface area (Å²) in [5.74, 6) is 7.03. The molecule has 2 unspecified atom stereocenters. The Morgan fingerprint density at radius 2 is 2.07 bits per heavy atom. The Bertz CT molecular complexity index is 146. The van der Waals surface area contributed by atoms with Crippen molar-refractivity contribution in [2.45, 2.75) is 45.1 Å². The lowest BCUT2D eigenvalue weighted by molar-refractivity contribution is 0.158. The maximum Gasteiger partial charge on any atom is 0.0465 e. The minimum Gasteiger partial charge on any atom is -0.385 e. The van der Waals surface area contributed by atoms with Crippen LogP contribution in [-0.2, 0) is 4.74 Å². The second-order valence-electron chi connectivity index (χ2n) is 4.50. The molecule has 1 saturated carbocycles. The second-order valence-corrected chi connectivity index (χ2v) is 4.50. The summed E-state index contributed by atoms with van der Waals surface area (Å²) in [6.07, 6.45) is 6.53. The van der Waals surface area contributed by atoms with E-state index in [1.54, 1.807) is 7.11 Å². The molecule has 3 heteroatoms. The number of nitrogens with two attached hydrogens (primary N) is 1. The van der Waals surface area contributed by atoms with Crippen LogP contribution in [0.5, 0.6) is 0 Å². The molecule has 1 fully saturated rings. The summed E-state index contributed by atoms with van der Waals surface area (Å²) in [7, 11) is 1.76. The van der Waals surface area contributed by atoms with E-state index in [2.05, 4.69) is 12.3 Å². The van der Waals surface area contributed by atoms with E-state index in [4.69, 9.17) is 10.6 Å². The van der Waals surface area contributed by atoms with Gasteiger partial charge in [0.2, 0.25) is 0 Å². The molecule has 2 atom stereocenters. The van der Waals surface area contributed by atoms with Gasteiger partial charge >= 0.3 is 0 Å². The summed E-state index contributed by atoms with van der Waals surface area (Å²) in [6.45, 7) is 3.11. The molecule has 0 aliphatic heterocycles. The number of methoxy groups -OCH3 is 1. The van der Waals surface area contributed by atoms with Crippen LogP contribution in [0.4, 0.5) is 0 Å². The molecule has 0 bridgehead atoms. The first-order valence-corrected chi connectivity index (χ1v) is 5.74. The van der Waals surface area contributed by atoms with Crippen molar-refractivity contribution in [3.63, 3.8) is 0 Å². The van der Waals surface area contributed by atoms with Gasteiger partial charge in [-0.2, -0.15) is 0 Å². The van der Waals surface area contributed by atoms with Crippen LogP contribution < -0.4 is 11.3 Å². The molecule has 1 rings (SSSR count). The Balaban J connectivity index is 2.34. The fourth-order valence-corrected chi connectivity index (χ4v) is 2.56. The third-order valence-electron chi connectivity index (χ3n) is 3.49. The van der Waals surface area contributed by atoms with Crippen LogP contribution in [0.2, 0.25) is 0 Å². The summed E-state index contributed by atoms with van der Waals surface area (Å²) in [4.78, 5) is 0. The zero-order chi connectivity index (χ0) is 10.4. The number of hydrogen-bond acceptors (Lipinski definition) is 3. The lowest BCUT2D eigenvalue weighted by Gasteiger charge is -2.28. The number of nitrogens with one attached hydrogen (secondary N) is 1. The van der Waals surface area contributed by atoms with Crippen molar-refractivity contribution < 1.29 is 4.74 Å². The third-order valence-corrected chi connectivity index (χ3v) is 3.49. The van der Waals surface area contributed by atoms with Gasteiger partial charge in [0.25, 0.3) is 0 Å². The molecule has 0 aromatic heterocycles. The molecule has 0 radical (unpaired) electrons. The lowest BCUT2D eigenvalue weighted by atomic mass is 9.87. The number of hydrogen-bond donors (Lipinski definition) is 2. The highest BCUT2D eigenvalue weighted by Crippen LogP contribution is 2.31. The Morgan fingerprint density at radius 3 is 2.57 bits per heavy atom. The molecule has 0 saturated heterocycles. The van der Waals surface area contributed by atoms with Crippen LogP contribution in [0.25, 0.3) is 0 Å². The van der Waals surface area contributed by atoms with E-state index >= 15 is 0 Å². The zero-order valence-corrected chi connectivity index (χ0v) is 9.46.